The molecule has 0 aliphatic rings. The monoisotopic (exact) mass is 309 g/mol. The number of phenols is 2. The number of H-pyrrole nitrogens is 1. The van der Waals surface area contributed by atoms with Gasteiger partial charge in [0.25, 0.3) is 0 Å². The number of anilines is 1. The summed E-state index contributed by atoms with van der Waals surface area (Å²) in [7, 11) is 0. The Morgan fingerprint density at radius 3 is 2.78 bits per heavy atom. The maximum atomic E-state index is 12.2. The zero-order chi connectivity index (χ0) is 16.1. The van der Waals surface area contributed by atoms with Crippen molar-refractivity contribution in [1.29, 1.82) is 0 Å². The van der Waals surface area contributed by atoms with E-state index in [2.05, 4.69) is 9.97 Å². The highest BCUT2D eigenvalue weighted by Crippen LogP contribution is 2.34. The van der Waals surface area contributed by atoms with E-state index >= 15 is 0 Å². The van der Waals surface area contributed by atoms with Crippen LogP contribution in [-0.4, -0.2) is 20.2 Å². The van der Waals surface area contributed by atoms with E-state index in [0.717, 1.165) is 0 Å². The Bertz CT molecular complexity index is 1130. The summed E-state index contributed by atoms with van der Waals surface area (Å²) in [6.45, 7) is 0. The van der Waals surface area contributed by atoms with Crippen molar-refractivity contribution in [2.45, 2.75) is 0 Å². The number of aromatic hydroxyl groups is 2. The molecule has 2 aromatic carbocycles. The second-order valence-corrected chi connectivity index (χ2v) is 5.14. The Kier molecular flexibility index (Phi) is 2.59. The first kappa shape index (κ1) is 13.2. The van der Waals surface area contributed by atoms with E-state index in [-0.39, 0.29) is 27.9 Å². The van der Waals surface area contributed by atoms with E-state index in [1.807, 2.05) is 0 Å². The van der Waals surface area contributed by atoms with E-state index < -0.39 is 5.75 Å². The molecule has 5 N–H and O–H groups in total. The molecule has 23 heavy (non-hydrogen) atoms. The van der Waals surface area contributed by atoms with Gasteiger partial charge in [0.15, 0.2) is 22.7 Å². The molecule has 4 aromatic rings. The van der Waals surface area contributed by atoms with Crippen LogP contribution in [0.5, 0.6) is 11.5 Å². The minimum Gasteiger partial charge on any atom is -0.504 e. The Morgan fingerprint density at radius 1 is 1.13 bits per heavy atom. The summed E-state index contributed by atoms with van der Waals surface area (Å²) in [6.07, 6.45) is 0. The largest absolute Gasteiger partial charge is 0.504 e. The summed E-state index contributed by atoms with van der Waals surface area (Å²) in [4.78, 5) is 19.2. The Balaban J connectivity index is 2.00. The number of aromatic amines is 1. The van der Waals surface area contributed by atoms with Gasteiger partial charge in [-0.3, -0.25) is 4.79 Å². The molecule has 0 amide bonds. The number of rotatable bonds is 1. The fourth-order valence-electron chi connectivity index (χ4n) is 2.52. The topological polar surface area (TPSA) is 125 Å². The van der Waals surface area contributed by atoms with Crippen LogP contribution in [-0.2, 0) is 0 Å². The molecule has 4 rings (SSSR count). The van der Waals surface area contributed by atoms with Gasteiger partial charge in [0.2, 0.25) is 5.75 Å². The first-order valence-corrected chi connectivity index (χ1v) is 6.77. The van der Waals surface area contributed by atoms with Crippen LogP contribution in [0.2, 0.25) is 0 Å². The number of hydrogen-bond acceptors (Lipinski definition) is 6. The number of fused-ring (bicyclic) bond motifs is 2. The van der Waals surface area contributed by atoms with E-state index in [1.54, 1.807) is 18.2 Å². The molecule has 7 heteroatoms. The zero-order valence-corrected chi connectivity index (χ0v) is 11.7. The molecule has 7 nitrogen and oxygen atoms in total. The third kappa shape index (κ3) is 1.98. The highest BCUT2D eigenvalue weighted by molar-refractivity contribution is 5.87. The molecule has 0 saturated heterocycles. The Morgan fingerprint density at radius 2 is 1.96 bits per heavy atom. The number of imidazole rings is 1. The normalized spacial score (nSPS) is 11.3. The van der Waals surface area contributed by atoms with Gasteiger partial charge in [0, 0.05) is 11.6 Å². The van der Waals surface area contributed by atoms with E-state index in [1.165, 1.54) is 18.2 Å². The first-order valence-electron chi connectivity index (χ1n) is 6.77. The molecule has 0 atom stereocenters. The molecule has 0 radical (unpaired) electrons. The zero-order valence-electron chi connectivity index (χ0n) is 11.7. The van der Waals surface area contributed by atoms with Crippen LogP contribution in [0.3, 0.4) is 0 Å². The molecule has 114 valence electrons. The summed E-state index contributed by atoms with van der Waals surface area (Å²) in [6, 6.07) is 9.19. The number of nitrogens with zero attached hydrogens (tertiary/aromatic N) is 1. The summed E-state index contributed by atoms with van der Waals surface area (Å²) in [5, 5.41) is 19.7. The van der Waals surface area contributed by atoms with Crippen LogP contribution in [0.15, 0.2) is 45.6 Å². The number of phenolic OH excluding ortho intramolecular Hbond substituents is 2. The smallest absolute Gasteiger partial charge is 0.201 e. The van der Waals surface area contributed by atoms with Crippen molar-refractivity contribution in [3.05, 3.63) is 46.6 Å². The van der Waals surface area contributed by atoms with Crippen molar-refractivity contribution in [2.24, 2.45) is 0 Å². The third-order valence-electron chi connectivity index (χ3n) is 3.63. The van der Waals surface area contributed by atoms with Gasteiger partial charge in [0.1, 0.15) is 5.76 Å². The number of hydrogen-bond donors (Lipinski definition) is 4. The molecule has 2 aromatic heterocycles. The lowest BCUT2D eigenvalue weighted by Crippen LogP contribution is -2.00. The van der Waals surface area contributed by atoms with Crippen LogP contribution in [0.4, 0.5) is 5.95 Å². The fraction of sp³-hybridized carbons (Fsp3) is 0. The highest BCUT2D eigenvalue weighted by atomic mass is 16.4. The Labute approximate surface area is 128 Å². The highest BCUT2D eigenvalue weighted by Gasteiger charge is 2.14. The molecular weight excluding hydrogens is 298 g/mol. The van der Waals surface area contributed by atoms with Crippen LogP contribution in [0.25, 0.3) is 33.3 Å². The van der Waals surface area contributed by atoms with Gasteiger partial charge in [-0.2, -0.15) is 0 Å². The molecule has 0 unspecified atom stereocenters. The maximum absolute atomic E-state index is 12.2. The standard InChI is InChI=1S/C16H11N3O4/c17-16-18-9-3-1-7(5-10(9)19-16)13-6-12(21)8-2-4-11(20)14(22)15(8)23-13/h1-6,20,22H,(H3,17,18,19). The van der Waals surface area contributed by atoms with Crippen LogP contribution in [0, 0.1) is 0 Å². The third-order valence-corrected chi connectivity index (χ3v) is 3.63. The lowest BCUT2D eigenvalue weighted by molar-refractivity contribution is 0.400. The molecule has 0 bridgehead atoms. The SMILES string of the molecule is Nc1nc2ccc(-c3cc(=O)c4ccc(O)c(O)c4o3)cc2[nH]1. The number of benzene rings is 2. The minimum atomic E-state index is -0.465. The number of nitrogens with two attached hydrogens (primary N) is 1. The number of nitrogens with one attached hydrogen (secondary N) is 1. The van der Waals surface area contributed by atoms with Crippen molar-refractivity contribution < 1.29 is 14.6 Å². The molecular formula is C16H11N3O4. The van der Waals surface area contributed by atoms with Crippen molar-refractivity contribution in [2.75, 3.05) is 5.73 Å². The summed E-state index contributed by atoms with van der Waals surface area (Å²) in [5.74, 6) is -0.263. The van der Waals surface area contributed by atoms with Gasteiger partial charge in [0.05, 0.1) is 16.4 Å². The molecule has 0 aliphatic heterocycles. The molecule has 0 aliphatic carbocycles. The Hall–Kier alpha value is -3.48. The van der Waals surface area contributed by atoms with Gasteiger partial charge in [-0.05, 0) is 30.3 Å². The van der Waals surface area contributed by atoms with E-state index in [0.29, 0.717) is 22.5 Å². The molecule has 0 spiro atoms. The lowest BCUT2D eigenvalue weighted by Gasteiger charge is -2.05. The summed E-state index contributed by atoms with van der Waals surface area (Å²) < 4.78 is 5.62. The van der Waals surface area contributed by atoms with Crippen LogP contribution < -0.4 is 11.2 Å². The summed E-state index contributed by atoms with van der Waals surface area (Å²) in [5.41, 5.74) is 7.24. The van der Waals surface area contributed by atoms with Gasteiger partial charge in [-0.25, -0.2) is 4.98 Å². The quantitative estimate of drug-likeness (QED) is 0.400. The van der Waals surface area contributed by atoms with Gasteiger partial charge in [-0.1, -0.05) is 0 Å². The predicted octanol–water partition coefficient (Wildman–Crippen LogP) is 2.33. The average molecular weight is 309 g/mol. The van der Waals surface area contributed by atoms with Crippen molar-refractivity contribution in [1.82, 2.24) is 9.97 Å². The van der Waals surface area contributed by atoms with Crippen LogP contribution >= 0.6 is 0 Å². The first-order chi connectivity index (χ1) is 11.0. The van der Waals surface area contributed by atoms with E-state index in [4.69, 9.17) is 10.2 Å². The predicted molar refractivity (Wildman–Crippen MR) is 85.3 cm³/mol. The second kappa shape index (κ2) is 4.51. The lowest BCUT2D eigenvalue weighted by atomic mass is 10.1. The van der Waals surface area contributed by atoms with Crippen molar-refractivity contribution in [3.8, 4) is 22.8 Å². The number of nitrogen functional groups attached to an aromatic ring is 1. The van der Waals surface area contributed by atoms with Gasteiger partial charge in [-0.15, -0.1) is 0 Å². The fourth-order valence-corrected chi connectivity index (χ4v) is 2.52. The molecule has 2 heterocycles. The molecule has 0 saturated carbocycles. The van der Waals surface area contributed by atoms with Crippen molar-refractivity contribution >= 4 is 28.0 Å². The summed E-state index contributed by atoms with van der Waals surface area (Å²) >= 11 is 0. The maximum Gasteiger partial charge on any atom is 0.201 e. The van der Waals surface area contributed by atoms with Gasteiger partial charge >= 0.3 is 0 Å². The molecule has 0 fully saturated rings. The minimum absolute atomic E-state index is 0.0586. The average Bonchev–Trinajstić information content (AvgIpc) is 2.90. The second-order valence-electron chi connectivity index (χ2n) is 5.14. The van der Waals surface area contributed by atoms with Gasteiger partial charge < -0.3 is 25.3 Å². The van der Waals surface area contributed by atoms with Crippen molar-refractivity contribution in [3.63, 3.8) is 0 Å². The van der Waals surface area contributed by atoms with Crippen LogP contribution in [0.1, 0.15) is 0 Å². The number of aromatic nitrogens is 2. The van der Waals surface area contributed by atoms with E-state index in [9.17, 15) is 15.0 Å².